The number of ether oxygens (including phenoxy) is 2. The van der Waals surface area contributed by atoms with Crippen molar-refractivity contribution in [3.05, 3.63) is 52.3 Å². The topological polar surface area (TPSA) is 121 Å². The van der Waals surface area contributed by atoms with Crippen LogP contribution < -0.4 is 19.7 Å². The predicted molar refractivity (Wildman–Crippen MR) is 139 cm³/mol. The van der Waals surface area contributed by atoms with Gasteiger partial charge in [-0.3, -0.25) is 15.0 Å². The summed E-state index contributed by atoms with van der Waals surface area (Å²) in [6.07, 6.45) is 1.71. The van der Waals surface area contributed by atoms with Crippen molar-refractivity contribution >= 4 is 34.6 Å². The molecule has 0 spiro atoms. The highest BCUT2D eigenvalue weighted by Gasteiger charge is 2.31. The first-order valence-corrected chi connectivity index (χ1v) is 12.2. The lowest BCUT2D eigenvalue weighted by atomic mass is 10.0. The number of pyridine rings is 1. The van der Waals surface area contributed by atoms with Gasteiger partial charge in [-0.2, -0.15) is 0 Å². The summed E-state index contributed by atoms with van der Waals surface area (Å²) in [6, 6.07) is 5.31. The second kappa shape index (κ2) is 10.3. The van der Waals surface area contributed by atoms with Gasteiger partial charge in [0.1, 0.15) is 16.5 Å². The van der Waals surface area contributed by atoms with Crippen LogP contribution in [0, 0.1) is 5.41 Å². The SMILES string of the molecule is CCOc1cc2c(nc1C(=O)NC)C(=N)N(CC(=O)c1cc(-c3nccs3)c(OC)c(N(C)C)c1)C2. The van der Waals surface area contributed by atoms with Gasteiger partial charge in [0.05, 0.1) is 31.5 Å². The molecule has 2 aromatic heterocycles. The highest BCUT2D eigenvalue weighted by molar-refractivity contribution is 7.13. The van der Waals surface area contributed by atoms with Crippen molar-refractivity contribution < 1.29 is 19.1 Å². The van der Waals surface area contributed by atoms with E-state index in [-0.39, 0.29) is 23.9 Å². The van der Waals surface area contributed by atoms with Gasteiger partial charge in [-0.15, -0.1) is 11.3 Å². The smallest absolute Gasteiger partial charge is 0.273 e. The average Bonchev–Trinajstić information content (AvgIpc) is 3.51. The molecule has 0 bridgehead atoms. The molecule has 188 valence electrons. The molecule has 0 atom stereocenters. The Bertz CT molecular complexity index is 1320. The molecule has 3 aromatic rings. The number of ketones is 1. The Morgan fingerprint density at radius 1 is 1.28 bits per heavy atom. The normalized spacial score (nSPS) is 12.4. The Morgan fingerprint density at radius 2 is 2.06 bits per heavy atom. The first-order valence-electron chi connectivity index (χ1n) is 11.3. The number of aromatic nitrogens is 2. The molecule has 36 heavy (non-hydrogen) atoms. The highest BCUT2D eigenvalue weighted by Crippen LogP contribution is 2.40. The maximum Gasteiger partial charge on any atom is 0.273 e. The van der Waals surface area contributed by atoms with Crippen LogP contribution >= 0.6 is 11.3 Å². The first-order chi connectivity index (χ1) is 17.3. The summed E-state index contributed by atoms with van der Waals surface area (Å²) in [4.78, 5) is 38.1. The van der Waals surface area contributed by atoms with Gasteiger partial charge in [0.25, 0.3) is 5.91 Å². The van der Waals surface area contributed by atoms with Gasteiger partial charge in [-0.25, -0.2) is 9.97 Å². The van der Waals surface area contributed by atoms with Gasteiger partial charge < -0.3 is 24.6 Å². The summed E-state index contributed by atoms with van der Waals surface area (Å²) in [6.45, 7) is 2.49. The summed E-state index contributed by atoms with van der Waals surface area (Å²) in [5.41, 5.74) is 3.21. The van der Waals surface area contributed by atoms with E-state index < -0.39 is 5.91 Å². The van der Waals surface area contributed by atoms with E-state index >= 15 is 0 Å². The Hall–Kier alpha value is -3.99. The van der Waals surface area contributed by atoms with Gasteiger partial charge in [-0.05, 0) is 25.1 Å². The number of Topliss-reactive ketones (excluding diaryl/α,β-unsaturated/α-hetero) is 1. The standard InChI is InChI=1S/C25H28N6O4S/c1-6-35-19-11-15-12-31(23(26)20(15)29-21(19)24(33)27-2)13-18(32)14-9-16(25-28-7-8-36-25)22(34-5)17(10-14)30(3)4/h7-11,26H,6,12-13H2,1-5H3,(H,27,33). The van der Waals surface area contributed by atoms with E-state index in [1.807, 2.05) is 31.3 Å². The third-order valence-corrected chi connectivity index (χ3v) is 6.59. The lowest BCUT2D eigenvalue weighted by Gasteiger charge is -2.21. The number of amidine groups is 1. The predicted octanol–water partition coefficient (Wildman–Crippen LogP) is 3.06. The number of methoxy groups -OCH3 is 1. The molecule has 3 heterocycles. The number of thiazole rings is 1. The molecule has 0 saturated carbocycles. The minimum atomic E-state index is -0.396. The molecular weight excluding hydrogens is 480 g/mol. The van der Waals surface area contributed by atoms with Gasteiger partial charge >= 0.3 is 0 Å². The van der Waals surface area contributed by atoms with Crippen LogP contribution in [0.2, 0.25) is 0 Å². The zero-order valence-corrected chi connectivity index (χ0v) is 21.7. The second-order valence-corrected chi connectivity index (χ2v) is 9.19. The zero-order valence-electron chi connectivity index (χ0n) is 20.8. The van der Waals surface area contributed by atoms with Crippen molar-refractivity contribution in [2.75, 3.05) is 46.3 Å². The van der Waals surface area contributed by atoms with Crippen LogP contribution in [-0.2, 0) is 6.54 Å². The fraction of sp³-hybridized carbons (Fsp3) is 0.320. The van der Waals surface area contributed by atoms with Crippen molar-refractivity contribution in [2.45, 2.75) is 13.5 Å². The number of nitrogens with zero attached hydrogens (tertiary/aromatic N) is 4. The van der Waals surface area contributed by atoms with Gasteiger partial charge in [0, 0.05) is 50.4 Å². The van der Waals surface area contributed by atoms with Crippen LogP contribution in [-0.4, -0.2) is 73.8 Å². The molecule has 4 rings (SSSR count). The number of anilines is 1. The molecule has 1 aliphatic heterocycles. The number of hydrogen-bond donors (Lipinski definition) is 2. The summed E-state index contributed by atoms with van der Waals surface area (Å²) in [7, 11) is 6.88. The highest BCUT2D eigenvalue weighted by atomic mass is 32.1. The van der Waals surface area contributed by atoms with Crippen molar-refractivity contribution in [1.82, 2.24) is 20.2 Å². The average molecular weight is 509 g/mol. The molecular formula is C25H28N6O4S. The van der Waals surface area contributed by atoms with Gasteiger partial charge in [-0.1, -0.05) is 0 Å². The fourth-order valence-corrected chi connectivity index (χ4v) is 4.73. The van der Waals surface area contributed by atoms with Crippen molar-refractivity contribution in [2.24, 2.45) is 0 Å². The molecule has 0 saturated heterocycles. The van der Waals surface area contributed by atoms with Crippen molar-refractivity contribution in [3.63, 3.8) is 0 Å². The Labute approximate surface area is 213 Å². The van der Waals surface area contributed by atoms with Crippen molar-refractivity contribution in [3.8, 4) is 22.1 Å². The largest absolute Gasteiger partial charge is 0.494 e. The minimum Gasteiger partial charge on any atom is -0.494 e. The Kier molecular flexibility index (Phi) is 7.20. The van der Waals surface area contributed by atoms with Gasteiger partial charge in [0.2, 0.25) is 0 Å². The maximum absolute atomic E-state index is 13.5. The van der Waals surface area contributed by atoms with Crippen LogP contribution in [0.25, 0.3) is 10.6 Å². The van der Waals surface area contributed by atoms with E-state index in [1.165, 1.54) is 18.4 Å². The van der Waals surface area contributed by atoms with Crippen LogP contribution in [0.1, 0.15) is 39.0 Å². The molecule has 0 radical (unpaired) electrons. The van der Waals surface area contributed by atoms with E-state index in [0.29, 0.717) is 35.9 Å². The van der Waals surface area contributed by atoms with Gasteiger partial charge in [0.15, 0.2) is 23.0 Å². The first kappa shape index (κ1) is 25.1. The molecule has 0 unspecified atom stereocenters. The fourth-order valence-electron chi connectivity index (χ4n) is 4.08. The second-order valence-electron chi connectivity index (χ2n) is 8.29. The van der Waals surface area contributed by atoms with E-state index in [9.17, 15) is 9.59 Å². The monoisotopic (exact) mass is 508 g/mol. The van der Waals surface area contributed by atoms with E-state index in [0.717, 1.165) is 21.8 Å². The number of benzene rings is 1. The molecule has 10 nitrogen and oxygen atoms in total. The lowest BCUT2D eigenvalue weighted by molar-refractivity contribution is 0.0949. The Morgan fingerprint density at radius 3 is 2.67 bits per heavy atom. The number of hydrogen-bond acceptors (Lipinski definition) is 9. The van der Waals surface area contributed by atoms with Crippen LogP contribution in [0.3, 0.4) is 0 Å². The zero-order chi connectivity index (χ0) is 26.0. The van der Waals surface area contributed by atoms with Crippen LogP contribution in [0.5, 0.6) is 11.5 Å². The summed E-state index contributed by atoms with van der Waals surface area (Å²) < 4.78 is 11.3. The van der Waals surface area contributed by atoms with E-state index in [1.54, 1.807) is 36.4 Å². The summed E-state index contributed by atoms with van der Waals surface area (Å²) in [5, 5.41) is 13.8. The van der Waals surface area contributed by atoms with Crippen molar-refractivity contribution in [1.29, 1.82) is 5.41 Å². The number of carbonyl (C=O) groups excluding carboxylic acids is 2. The van der Waals surface area contributed by atoms with E-state index in [4.69, 9.17) is 14.9 Å². The van der Waals surface area contributed by atoms with Crippen LogP contribution in [0.15, 0.2) is 29.8 Å². The lowest BCUT2D eigenvalue weighted by Crippen LogP contribution is -2.31. The number of carbonyl (C=O) groups is 2. The van der Waals surface area contributed by atoms with Crippen LogP contribution in [0.4, 0.5) is 5.69 Å². The Balaban J connectivity index is 1.65. The molecule has 2 N–H and O–H groups in total. The molecule has 1 aliphatic rings. The number of amides is 1. The number of nitrogens with one attached hydrogen (secondary N) is 2. The maximum atomic E-state index is 13.5. The number of fused-ring (bicyclic) bond motifs is 1. The molecule has 0 fully saturated rings. The summed E-state index contributed by atoms with van der Waals surface area (Å²) >= 11 is 1.46. The quantitative estimate of drug-likeness (QED) is 0.423. The molecule has 1 aromatic carbocycles. The third kappa shape index (κ3) is 4.61. The van der Waals surface area contributed by atoms with E-state index in [2.05, 4.69) is 15.3 Å². The molecule has 11 heteroatoms. The molecule has 1 amide bonds. The summed E-state index contributed by atoms with van der Waals surface area (Å²) in [5.74, 6) is 0.533. The minimum absolute atomic E-state index is 0.0228. The third-order valence-electron chi connectivity index (χ3n) is 5.78. The number of rotatable bonds is 9. The molecule has 0 aliphatic carbocycles.